The van der Waals surface area contributed by atoms with Crippen LogP contribution in [0.5, 0.6) is 0 Å². The minimum Gasteiger partial charge on any atom is -0.313 e. The Kier molecular flexibility index (Phi) is 6.14. The highest BCUT2D eigenvalue weighted by Gasteiger charge is 2.40. The maximum absolute atomic E-state index is 12.4. The van der Waals surface area contributed by atoms with Crippen LogP contribution in [0.15, 0.2) is 0 Å². The van der Waals surface area contributed by atoms with Gasteiger partial charge >= 0.3 is 0 Å². The lowest BCUT2D eigenvalue weighted by Crippen LogP contribution is -2.54. The fraction of sp³-hybridized carbons (Fsp3) is 1.00. The molecular weight excluding hydrogens is 230 g/mol. The van der Waals surface area contributed by atoms with Crippen molar-refractivity contribution < 1.29 is 4.21 Å². The first-order valence-electron chi connectivity index (χ1n) is 7.13. The van der Waals surface area contributed by atoms with Crippen LogP contribution in [-0.4, -0.2) is 27.8 Å². The van der Waals surface area contributed by atoms with Crippen LogP contribution in [0.2, 0.25) is 0 Å². The summed E-state index contributed by atoms with van der Waals surface area (Å²) in [6.45, 7) is 9.95. The molecule has 3 heteroatoms. The van der Waals surface area contributed by atoms with Crippen molar-refractivity contribution in [2.24, 2.45) is 5.41 Å². The Labute approximate surface area is 109 Å². The SMILES string of the molecule is CCCCS(=O)C1CCCC(C)(C)C1NCC. The predicted molar refractivity (Wildman–Crippen MR) is 76.8 cm³/mol. The Bertz CT molecular complexity index is 253. The summed E-state index contributed by atoms with van der Waals surface area (Å²) in [6.07, 6.45) is 5.87. The van der Waals surface area contributed by atoms with Crippen molar-refractivity contribution in [3.63, 3.8) is 0 Å². The van der Waals surface area contributed by atoms with Gasteiger partial charge in [0, 0.05) is 22.6 Å². The van der Waals surface area contributed by atoms with Gasteiger partial charge < -0.3 is 5.32 Å². The van der Waals surface area contributed by atoms with E-state index in [2.05, 4.69) is 33.0 Å². The van der Waals surface area contributed by atoms with Crippen molar-refractivity contribution >= 4 is 10.8 Å². The van der Waals surface area contributed by atoms with E-state index in [1.165, 1.54) is 12.8 Å². The van der Waals surface area contributed by atoms with E-state index in [4.69, 9.17) is 0 Å². The second-order valence-corrected chi connectivity index (χ2v) is 7.67. The monoisotopic (exact) mass is 259 g/mol. The molecule has 0 amide bonds. The minimum atomic E-state index is -0.647. The molecule has 0 heterocycles. The molecule has 3 unspecified atom stereocenters. The van der Waals surface area contributed by atoms with Gasteiger partial charge in [-0.15, -0.1) is 0 Å². The molecule has 0 aromatic heterocycles. The molecule has 0 aromatic carbocycles. The first-order chi connectivity index (χ1) is 8.03. The van der Waals surface area contributed by atoms with E-state index in [9.17, 15) is 4.21 Å². The average Bonchev–Trinajstić information content (AvgIpc) is 2.28. The maximum Gasteiger partial charge on any atom is 0.0506 e. The number of hydrogen-bond acceptors (Lipinski definition) is 2. The molecule has 1 saturated carbocycles. The van der Waals surface area contributed by atoms with Gasteiger partial charge in [0.2, 0.25) is 0 Å². The minimum absolute atomic E-state index is 0.292. The molecular formula is C14H29NOS. The van der Waals surface area contributed by atoms with Gasteiger partial charge in [-0.05, 0) is 31.2 Å². The summed E-state index contributed by atoms with van der Waals surface area (Å²) in [4.78, 5) is 0. The molecule has 1 N–H and O–H groups in total. The third-order valence-electron chi connectivity index (χ3n) is 3.98. The van der Waals surface area contributed by atoms with Gasteiger partial charge in [-0.25, -0.2) is 0 Å². The molecule has 0 aromatic rings. The number of nitrogens with one attached hydrogen (secondary N) is 1. The van der Waals surface area contributed by atoms with Crippen molar-refractivity contribution in [1.82, 2.24) is 5.32 Å². The van der Waals surface area contributed by atoms with Crippen LogP contribution in [0.25, 0.3) is 0 Å². The van der Waals surface area contributed by atoms with Crippen LogP contribution < -0.4 is 5.32 Å². The molecule has 0 radical (unpaired) electrons. The largest absolute Gasteiger partial charge is 0.313 e. The molecule has 1 rings (SSSR count). The maximum atomic E-state index is 12.4. The topological polar surface area (TPSA) is 29.1 Å². The van der Waals surface area contributed by atoms with E-state index in [0.29, 0.717) is 16.7 Å². The molecule has 3 atom stereocenters. The van der Waals surface area contributed by atoms with Crippen LogP contribution in [0, 0.1) is 5.41 Å². The van der Waals surface area contributed by atoms with E-state index in [1.54, 1.807) is 0 Å². The zero-order valence-corrected chi connectivity index (χ0v) is 12.7. The molecule has 102 valence electrons. The highest BCUT2D eigenvalue weighted by molar-refractivity contribution is 7.85. The lowest BCUT2D eigenvalue weighted by atomic mass is 9.73. The summed E-state index contributed by atoms with van der Waals surface area (Å²) >= 11 is 0. The summed E-state index contributed by atoms with van der Waals surface area (Å²) in [6, 6.07) is 0.430. The summed E-state index contributed by atoms with van der Waals surface area (Å²) in [5.41, 5.74) is 0.292. The molecule has 1 fully saturated rings. The molecule has 0 spiro atoms. The first-order valence-corrected chi connectivity index (χ1v) is 8.51. The Balaban J connectivity index is 2.69. The van der Waals surface area contributed by atoms with E-state index in [-0.39, 0.29) is 0 Å². The number of unbranched alkanes of at least 4 members (excludes halogenated alkanes) is 1. The van der Waals surface area contributed by atoms with Crippen LogP contribution >= 0.6 is 0 Å². The van der Waals surface area contributed by atoms with Crippen LogP contribution in [0.1, 0.15) is 59.8 Å². The normalized spacial score (nSPS) is 30.1. The predicted octanol–water partition coefficient (Wildman–Crippen LogP) is 3.09. The van der Waals surface area contributed by atoms with Crippen molar-refractivity contribution in [2.75, 3.05) is 12.3 Å². The summed E-state index contributed by atoms with van der Waals surface area (Å²) < 4.78 is 12.4. The Morgan fingerprint density at radius 3 is 2.65 bits per heavy atom. The Hall–Kier alpha value is 0.110. The smallest absolute Gasteiger partial charge is 0.0506 e. The molecule has 1 aliphatic rings. The summed E-state index contributed by atoms with van der Waals surface area (Å²) in [5, 5.41) is 3.96. The Morgan fingerprint density at radius 1 is 1.35 bits per heavy atom. The lowest BCUT2D eigenvalue weighted by molar-refractivity contribution is 0.174. The standard InChI is InChI=1S/C14H29NOS/c1-5-7-11-17(16)12-9-8-10-14(3,4)13(12)15-6-2/h12-13,15H,5-11H2,1-4H3. The second kappa shape index (κ2) is 6.89. The molecule has 0 saturated heterocycles. The molecule has 17 heavy (non-hydrogen) atoms. The number of hydrogen-bond donors (Lipinski definition) is 1. The van der Waals surface area contributed by atoms with Crippen molar-refractivity contribution in [3.05, 3.63) is 0 Å². The second-order valence-electron chi connectivity index (χ2n) is 5.89. The lowest BCUT2D eigenvalue weighted by Gasteiger charge is -2.44. The first kappa shape index (κ1) is 15.2. The van der Waals surface area contributed by atoms with Crippen LogP contribution in [0.3, 0.4) is 0 Å². The van der Waals surface area contributed by atoms with Crippen LogP contribution in [-0.2, 0) is 10.8 Å². The fourth-order valence-corrected chi connectivity index (χ4v) is 5.01. The molecule has 1 aliphatic carbocycles. The molecule has 2 nitrogen and oxygen atoms in total. The Morgan fingerprint density at radius 2 is 2.06 bits per heavy atom. The van der Waals surface area contributed by atoms with E-state index in [1.807, 2.05) is 0 Å². The van der Waals surface area contributed by atoms with Crippen molar-refractivity contribution in [1.29, 1.82) is 0 Å². The summed E-state index contributed by atoms with van der Waals surface area (Å²) in [7, 11) is -0.647. The van der Waals surface area contributed by atoms with E-state index >= 15 is 0 Å². The average molecular weight is 259 g/mol. The van der Waals surface area contributed by atoms with Gasteiger partial charge in [0.25, 0.3) is 0 Å². The van der Waals surface area contributed by atoms with Gasteiger partial charge in [-0.3, -0.25) is 4.21 Å². The van der Waals surface area contributed by atoms with Crippen molar-refractivity contribution in [2.45, 2.75) is 71.1 Å². The third-order valence-corrected chi connectivity index (χ3v) is 5.86. The van der Waals surface area contributed by atoms with Gasteiger partial charge in [0.05, 0.1) is 5.25 Å². The quantitative estimate of drug-likeness (QED) is 0.794. The number of rotatable bonds is 6. The van der Waals surface area contributed by atoms with Crippen LogP contribution in [0.4, 0.5) is 0 Å². The van der Waals surface area contributed by atoms with E-state index in [0.717, 1.165) is 31.6 Å². The van der Waals surface area contributed by atoms with Gasteiger partial charge in [-0.1, -0.05) is 40.5 Å². The summed E-state index contributed by atoms with van der Waals surface area (Å²) in [5.74, 6) is 0.888. The third kappa shape index (κ3) is 4.06. The van der Waals surface area contributed by atoms with Gasteiger partial charge in [-0.2, -0.15) is 0 Å². The zero-order valence-electron chi connectivity index (χ0n) is 11.9. The van der Waals surface area contributed by atoms with Gasteiger partial charge in [0.15, 0.2) is 0 Å². The van der Waals surface area contributed by atoms with E-state index < -0.39 is 10.8 Å². The highest BCUT2D eigenvalue weighted by atomic mass is 32.2. The van der Waals surface area contributed by atoms with Gasteiger partial charge in [0.1, 0.15) is 0 Å². The van der Waals surface area contributed by atoms with Crippen molar-refractivity contribution in [3.8, 4) is 0 Å². The molecule has 0 aliphatic heterocycles. The highest BCUT2D eigenvalue weighted by Crippen LogP contribution is 2.37. The fourth-order valence-electron chi connectivity index (χ4n) is 2.93. The molecule has 0 bridgehead atoms. The zero-order chi connectivity index (χ0) is 12.9.